The predicted molar refractivity (Wildman–Crippen MR) is 115 cm³/mol. The van der Waals surface area contributed by atoms with Gasteiger partial charge >= 0.3 is 5.97 Å². The van der Waals surface area contributed by atoms with Crippen molar-refractivity contribution in [3.63, 3.8) is 0 Å². The van der Waals surface area contributed by atoms with E-state index in [1.807, 2.05) is 31.2 Å². The molecule has 0 saturated heterocycles. The number of carbonyl (C=O) groups is 1. The van der Waals surface area contributed by atoms with E-state index in [1.165, 1.54) is 19.3 Å². The van der Waals surface area contributed by atoms with Crippen LogP contribution >= 0.6 is 0 Å². The molecule has 1 fully saturated rings. The largest absolute Gasteiger partial charge is 0.497 e. The van der Waals surface area contributed by atoms with Gasteiger partial charge in [-0.3, -0.25) is 0 Å². The van der Waals surface area contributed by atoms with Gasteiger partial charge in [0.25, 0.3) is 0 Å². The Hall–Kier alpha value is -2.59. The summed E-state index contributed by atoms with van der Waals surface area (Å²) < 4.78 is 11.0. The second-order valence-electron chi connectivity index (χ2n) is 7.76. The second kappa shape index (κ2) is 8.83. The molecule has 0 bridgehead atoms. The summed E-state index contributed by atoms with van der Waals surface area (Å²) in [6, 6.07) is 16.5. The number of methoxy groups -OCH3 is 1. The van der Waals surface area contributed by atoms with E-state index in [-0.39, 0.29) is 12.0 Å². The summed E-state index contributed by atoms with van der Waals surface area (Å²) in [5.74, 6) is 0.562. The van der Waals surface area contributed by atoms with Crippen LogP contribution in [0.2, 0.25) is 0 Å². The van der Waals surface area contributed by atoms with Crippen LogP contribution in [0, 0.1) is 0 Å². The number of esters is 1. The number of ether oxygens (including phenoxy) is 2. The van der Waals surface area contributed by atoms with Crippen LogP contribution in [-0.2, 0) is 9.53 Å². The van der Waals surface area contributed by atoms with Crippen molar-refractivity contribution in [3.8, 4) is 5.75 Å². The lowest BCUT2D eigenvalue weighted by Crippen LogP contribution is -2.36. The molecule has 4 rings (SSSR count). The first-order chi connectivity index (χ1) is 14.2. The second-order valence-corrected chi connectivity index (χ2v) is 7.76. The molecule has 4 heteroatoms. The van der Waals surface area contributed by atoms with E-state index >= 15 is 0 Å². The lowest BCUT2D eigenvalue weighted by atomic mass is 9.93. The maximum atomic E-state index is 13.2. The van der Waals surface area contributed by atoms with Crippen molar-refractivity contribution < 1.29 is 14.3 Å². The molecule has 0 amide bonds. The van der Waals surface area contributed by atoms with Crippen LogP contribution in [0.25, 0.3) is 5.57 Å². The Balaban J connectivity index is 1.85. The molecule has 152 valence electrons. The van der Waals surface area contributed by atoms with Crippen molar-refractivity contribution >= 4 is 11.5 Å². The molecule has 1 N–H and O–H groups in total. The fraction of sp³-hybridized carbons (Fsp3) is 0.400. The van der Waals surface area contributed by atoms with Gasteiger partial charge in [-0.1, -0.05) is 55.7 Å². The van der Waals surface area contributed by atoms with E-state index in [9.17, 15) is 4.79 Å². The molecule has 0 heterocycles. The highest BCUT2D eigenvalue weighted by Crippen LogP contribution is 2.46. The van der Waals surface area contributed by atoms with E-state index in [0.717, 1.165) is 40.9 Å². The molecule has 0 spiro atoms. The summed E-state index contributed by atoms with van der Waals surface area (Å²) in [5.41, 5.74) is 4.89. The lowest BCUT2D eigenvalue weighted by molar-refractivity contribution is -0.138. The number of hydrogen-bond donors (Lipinski definition) is 1. The third-order valence-electron chi connectivity index (χ3n) is 5.96. The fourth-order valence-electron chi connectivity index (χ4n) is 4.60. The highest BCUT2D eigenvalue weighted by molar-refractivity contribution is 6.06. The first kappa shape index (κ1) is 19.7. The number of benzene rings is 2. The zero-order valence-corrected chi connectivity index (χ0v) is 17.2. The predicted octanol–water partition coefficient (Wildman–Crippen LogP) is 5.04. The summed E-state index contributed by atoms with van der Waals surface area (Å²) in [6.07, 6.45) is 6.06. The van der Waals surface area contributed by atoms with Gasteiger partial charge in [0.15, 0.2) is 0 Å². The molecule has 29 heavy (non-hydrogen) atoms. The Morgan fingerprint density at radius 3 is 2.52 bits per heavy atom. The number of carbonyl (C=O) groups excluding carboxylic acids is 1. The van der Waals surface area contributed by atoms with Gasteiger partial charge in [-0.15, -0.1) is 0 Å². The third-order valence-corrected chi connectivity index (χ3v) is 5.96. The first-order valence-electron chi connectivity index (χ1n) is 10.6. The van der Waals surface area contributed by atoms with Gasteiger partial charge < -0.3 is 14.8 Å². The van der Waals surface area contributed by atoms with Gasteiger partial charge in [0, 0.05) is 11.6 Å². The van der Waals surface area contributed by atoms with Crippen LogP contribution in [0.5, 0.6) is 5.75 Å². The van der Waals surface area contributed by atoms with Crippen molar-refractivity contribution in [2.75, 3.05) is 13.7 Å². The molecule has 2 aromatic rings. The van der Waals surface area contributed by atoms with Gasteiger partial charge in [0.05, 0.1) is 25.3 Å². The lowest BCUT2D eigenvalue weighted by Gasteiger charge is -2.28. The van der Waals surface area contributed by atoms with Crippen LogP contribution in [0.1, 0.15) is 61.8 Å². The highest BCUT2D eigenvalue weighted by atomic mass is 16.5. The van der Waals surface area contributed by atoms with Crippen LogP contribution in [-0.4, -0.2) is 25.7 Å². The zero-order valence-electron chi connectivity index (χ0n) is 17.2. The third kappa shape index (κ3) is 3.95. The molecule has 2 aromatic carbocycles. The minimum absolute atomic E-state index is 0.183. The number of hydrogen-bond acceptors (Lipinski definition) is 4. The Labute approximate surface area is 172 Å². The van der Waals surface area contributed by atoms with Gasteiger partial charge in [0.1, 0.15) is 5.75 Å². The van der Waals surface area contributed by atoms with Crippen molar-refractivity contribution in [2.45, 2.75) is 51.1 Å². The maximum absolute atomic E-state index is 13.2. The van der Waals surface area contributed by atoms with E-state index in [0.29, 0.717) is 18.2 Å². The Morgan fingerprint density at radius 2 is 1.83 bits per heavy atom. The van der Waals surface area contributed by atoms with Crippen LogP contribution in [0.15, 0.2) is 54.1 Å². The average Bonchev–Trinajstić information content (AvgIpc) is 3.08. The van der Waals surface area contributed by atoms with Crippen LogP contribution < -0.4 is 10.1 Å². The summed E-state index contributed by atoms with van der Waals surface area (Å²) in [6.45, 7) is 2.22. The van der Waals surface area contributed by atoms with Crippen molar-refractivity contribution in [2.24, 2.45) is 0 Å². The molecule has 2 aliphatic carbocycles. The molecular weight excluding hydrogens is 362 g/mol. The van der Waals surface area contributed by atoms with Gasteiger partial charge in [0.2, 0.25) is 0 Å². The van der Waals surface area contributed by atoms with E-state index in [2.05, 4.69) is 29.6 Å². The maximum Gasteiger partial charge on any atom is 0.336 e. The van der Waals surface area contributed by atoms with Crippen molar-refractivity contribution in [3.05, 3.63) is 70.8 Å². The Morgan fingerprint density at radius 1 is 1.07 bits per heavy atom. The molecule has 2 aliphatic rings. The van der Waals surface area contributed by atoms with E-state index < -0.39 is 0 Å². The Kier molecular flexibility index (Phi) is 6.00. The molecule has 4 nitrogen and oxygen atoms in total. The number of nitrogens with one attached hydrogen (secondary N) is 1. The van der Waals surface area contributed by atoms with E-state index in [1.54, 1.807) is 7.11 Å². The van der Waals surface area contributed by atoms with Gasteiger partial charge in [-0.05, 0) is 48.6 Å². The highest BCUT2D eigenvalue weighted by Gasteiger charge is 2.38. The zero-order chi connectivity index (χ0) is 20.2. The Bertz CT molecular complexity index is 898. The summed E-state index contributed by atoms with van der Waals surface area (Å²) >= 11 is 0. The minimum atomic E-state index is -0.241. The summed E-state index contributed by atoms with van der Waals surface area (Å²) in [5, 5.41) is 3.80. The van der Waals surface area contributed by atoms with E-state index in [4.69, 9.17) is 9.47 Å². The summed E-state index contributed by atoms with van der Waals surface area (Å²) in [4.78, 5) is 13.2. The molecule has 0 aliphatic heterocycles. The van der Waals surface area contributed by atoms with Gasteiger partial charge in [-0.2, -0.15) is 0 Å². The average molecular weight is 392 g/mol. The fourth-order valence-corrected chi connectivity index (χ4v) is 4.60. The molecule has 1 unspecified atom stereocenters. The first-order valence-corrected chi connectivity index (χ1v) is 10.6. The normalized spacial score (nSPS) is 19.2. The molecule has 1 atom stereocenters. The molecule has 0 aromatic heterocycles. The number of rotatable bonds is 6. The minimum Gasteiger partial charge on any atom is -0.497 e. The standard InChI is InChI=1S/C25H29NO3/c1-3-29-25(27)23-22(17-10-6-4-7-11-17)20-15-14-19(28-2)16-21(20)24(23)26-18-12-8-5-9-13-18/h4,6-7,10-11,14-16,18,24,26H,3,5,8-9,12-13H2,1-2H3. The summed E-state index contributed by atoms with van der Waals surface area (Å²) in [7, 11) is 1.68. The molecule has 0 radical (unpaired) electrons. The SMILES string of the molecule is CCOC(=O)C1=C(c2ccccc2)c2ccc(OC)cc2C1NC1CCCCC1. The van der Waals surface area contributed by atoms with Crippen molar-refractivity contribution in [1.82, 2.24) is 5.32 Å². The quantitative estimate of drug-likeness (QED) is 0.701. The molecule has 1 saturated carbocycles. The van der Waals surface area contributed by atoms with Gasteiger partial charge in [-0.25, -0.2) is 4.79 Å². The topological polar surface area (TPSA) is 47.6 Å². The van der Waals surface area contributed by atoms with Crippen LogP contribution in [0.3, 0.4) is 0 Å². The number of fused-ring (bicyclic) bond motifs is 1. The van der Waals surface area contributed by atoms with Crippen LogP contribution in [0.4, 0.5) is 0 Å². The smallest absolute Gasteiger partial charge is 0.336 e. The monoisotopic (exact) mass is 391 g/mol. The molecular formula is C25H29NO3. The van der Waals surface area contributed by atoms with Crippen molar-refractivity contribution in [1.29, 1.82) is 0 Å².